The number of aliphatic imine (C=N–C) groups is 1. The van der Waals surface area contributed by atoms with Crippen LogP contribution in [-0.4, -0.2) is 31.0 Å². The van der Waals surface area contributed by atoms with Crippen LogP contribution in [0.3, 0.4) is 0 Å². The van der Waals surface area contributed by atoms with Crippen LogP contribution < -0.4 is 16.8 Å². The van der Waals surface area contributed by atoms with Crippen molar-refractivity contribution in [2.24, 2.45) is 16.5 Å². The predicted octanol–water partition coefficient (Wildman–Crippen LogP) is 0.953. The van der Waals surface area contributed by atoms with Crippen molar-refractivity contribution >= 4 is 17.4 Å². The first-order chi connectivity index (χ1) is 11.2. The molecule has 7 heteroatoms. The van der Waals surface area contributed by atoms with E-state index in [1.165, 1.54) is 6.20 Å². The van der Waals surface area contributed by atoms with Gasteiger partial charge >= 0.3 is 0 Å². The lowest BCUT2D eigenvalue weighted by atomic mass is 10.1. The van der Waals surface area contributed by atoms with E-state index in [2.05, 4.69) is 16.9 Å². The Bertz CT molecular complexity index is 575. The summed E-state index contributed by atoms with van der Waals surface area (Å²) < 4.78 is 5.36. The van der Waals surface area contributed by atoms with E-state index in [-0.39, 0.29) is 17.5 Å². The molecular weight excluding hydrogens is 294 g/mol. The van der Waals surface area contributed by atoms with E-state index < -0.39 is 5.91 Å². The van der Waals surface area contributed by atoms with Gasteiger partial charge in [-0.2, -0.15) is 0 Å². The highest BCUT2D eigenvalue weighted by Gasteiger charge is 2.14. The number of carbonyl (C=O) groups is 1. The van der Waals surface area contributed by atoms with Crippen LogP contribution in [0.1, 0.15) is 12.8 Å². The minimum atomic E-state index is -0.614. The Labute approximate surface area is 135 Å². The number of para-hydroxylation sites is 1. The zero-order valence-electron chi connectivity index (χ0n) is 12.8. The van der Waals surface area contributed by atoms with Gasteiger partial charge in [-0.25, -0.2) is 10.3 Å². The fraction of sp³-hybridized carbons (Fsp3) is 0.312. The van der Waals surface area contributed by atoms with Crippen LogP contribution in [0.25, 0.3) is 0 Å². The third kappa shape index (κ3) is 6.20. The molecule has 0 aromatic heterocycles. The molecular formula is C16H21N5O2. The second-order valence-electron chi connectivity index (χ2n) is 4.84. The molecule has 0 radical (unpaired) electrons. The second-order valence-corrected chi connectivity index (χ2v) is 4.84. The molecule has 1 aliphatic rings. The van der Waals surface area contributed by atoms with Crippen LogP contribution in [-0.2, 0) is 9.53 Å². The number of benzene rings is 1. The number of carbonyl (C=O) groups excluding carboxylic acids is 1. The molecule has 0 saturated carbocycles. The number of hydrogen-bond donors (Lipinski definition) is 3. The van der Waals surface area contributed by atoms with Gasteiger partial charge in [0, 0.05) is 25.4 Å². The van der Waals surface area contributed by atoms with Crippen LogP contribution in [0, 0.1) is 11.8 Å². The molecule has 1 amide bonds. The first kappa shape index (κ1) is 18.2. The van der Waals surface area contributed by atoms with Gasteiger partial charge < -0.3 is 21.5 Å². The predicted molar refractivity (Wildman–Crippen MR) is 88.6 cm³/mol. The second kappa shape index (κ2) is 9.97. The van der Waals surface area contributed by atoms with Crippen molar-refractivity contribution < 1.29 is 9.53 Å². The Morgan fingerprint density at radius 1 is 1.35 bits per heavy atom. The van der Waals surface area contributed by atoms with E-state index in [1.807, 2.05) is 18.2 Å². The molecule has 7 nitrogen and oxygen atoms in total. The minimum absolute atomic E-state index is 0.0953. The number of nitrogens with two attached hydrogens (primary N) is 2. The van der Waals surface area contributed by atoms with E-state index >= 15 is 0 Å². The van der Waals surface area contributed by atoms with Crippen LogP contribution in [0.4, 0.5) is 5.69 Å². The lowest BCUT2D eigenvalue weighted by Crippen LogP contribution is -2.36. The van der Waals surface area contributed by atoms with Gasteiger partial charge in [-0.1, -0.05) is 18.2 Å². The number of amides is 1. The molecule has 23 heavy (non-hydrogen) atoms. The number of rotatable bonds is 5. The lowest BCUT2D eigenvalue weighted by Gasteiger charge is -2.22. The molecule has 0 bridgehead atoms. The molecule has 0 aliphatic carbocycles. The SMILES string of the molecule is C#N.NC(=O)/C(=C/NC1CCCOC1)C(N)=Nc1ccccc1. The summed E-state index contributed by atoms with van der Waals surface area (Å²) in [4.78, 5) is 15.7. The minimum Gasteiger partial charge on any atom is -0.385 e. The third-order valence-corrected chi connectivity index (χ3v) is 3.17. The molecule has 1 saturated heterocycles. The Kier molecular flexibility index (Phi) is 7.89. The molecule has 1 atom stereocenters. The number of hydrogen-bond acceptors (Lipinski definition) is 5. The van der Waals surface area contributed by atoms with E-state index in [0.717, 1.165) is 19.4 Å². The molecule has 2 rings (SSSR count). The number of amidine groups is 1. The fourth-order valence-electron chi connectivity index (χ4n) is 2.05. The van der Waals surface area contributed by atoms with E-state index in [4.69, 9.17) is 21.5 Å². The smallest absolute Gasteiger partial charge is 0.253 e. The van der Waals surface area contributed by atoms with E-state index in [9.17, 15) is 4.79 Å². The summed E-state index contributed by atoms with van der Waals surface area (Å²) >= 11 is 0. The maximum absolute atomic E-state index is 11.5. The average molecular weight is 315 g/mol. The molecule has 1 heterocycles. The van der Waals surface area contributed by atoms with Crippen molar-refractivity contribution in [3.63, 3.8) is 0 Å². The Balaban J connectivity index is 0.00000127. The Hall–Kier alpha value is -2.85. The highest BCUT2D eigenvalue weighted by Crippen LogP contribution is 2.11. The molecule has 1 fully saturated rings. The average Bonchev–Trinajstić information content (AvgIpc) is 2.58. The summed E-state index contributed by atoms with van der Waals surface area (Å²) in [6.45, 7) is 4.89. The van der Waals surface area contributed by atoms with Crippen LogP contribution in [0.15, 0.2) is 47.1 Å². The lowest BCUT2D eigenvalue weighted by molar-refractivity contribution is -0.114. The Morgan fingerprint density at radius 3 is 2.61 bits per heavy atom. The Morgan fingerprint density at radius 2 is 2.04 bits per heavy atom. The quantitative estimate of drug-likeness (QED) is 0.423. The van der Waals surface area contributed by atoms with Crippen molar-refractivity contribution in [2.75, 3.05) is 13.2 Å². The first-order valence-corrected chi connectivity index (χ1v) is 7.16. The van der Waals surface area contributed by atoms with Gasteiger partial charge in [0.25, 0.3) is 5.91 Å². The van der Waals surface area contributed by atoms with Crippen LogP contribution >= 0.6 is 0 Å². The number of nitrogens with zero attached hydrogens (tertiary/aromatic N) is 2. The molecule has 1 aliphatic heterocycles. The number of nitriles is 1. The van der Waals surface area contributed by atoms with Crippen LogP contribution in [0.5, 0.6) is 0 Å². The highest BCUT2D eigenvalue weighted by atomic mass is 16.5. The van der Waals surface area contributed by atoms with Gasteiger partial charge in [-0.05, 0) is 25.0 Å². The summed E-state index contributed by atoms with van der Waals surface area (Å²) in [6, 6.07) is 9.33. The maximum Gasteiger partial charge on any atom is 0.253 e. The van der Waals surface area contributed by atoms with Gasteiger partial charge in [-0.15, -0.1) is 0 Å². The summed E-state index contributed by atoms with van der Waals surface area (Å²) in [5.74, 6) is -0.519. The van der Waals surface area contributed by atoms with Gasteiger partial charge in [-0.3, -0.25) is 4.79 Å². The fourth-order valence-corrected chi connectivity index (χ4v) is 2.05. The van der Waals surface area contributed by atoms with Gasteiger partial charge in [0.1, 0.15) is 5.84 Å². The molecule has 122 valence electrons. The summed E-state index contributed by atoms with van der Waals surface area (Å²) in [6.07, 6.45) is 3.51. The van der Waals surface area contributed by atoms with Crippen molar-refractivity contribution in [2.45, 2.75) is 18.9 Å². The zero-order chi connectivity index (χ0) is 17.1. The molecule has 5 N–H and O–H groups in total. The molecule has 1 aromatic carbocycles. The van der Waals surface area contributed by atoms with E-state index in [1.54, 1.807) is 12.1 Å². The summed E-state index contributed by atoms with van der Waals surface area (Å²) in [5.41, 5.74) is 12.1. The number of nitrogens with one attached hydrogen (secondary N) is 1. The summed E-state index contributed by atoms with van der Waals surface area (Å²) in [5, 5.41) is 9.62. The highest BCUT2D eigenvalue weighted by molar-refractivity contribution is 6.20. The largest absolute Gasteiger partial charge is 0.385 e. The standard InChI is InChI=1S/C15H20N4O2.CHN/c16-14(19-11-5-2-1-3-6-11)13(15(17)20)9-18-12-7-4-8-21-10-12;1-2/h1-3,5-6,9,12,18H,4,7-8,10H2,(H2,16,19)(H2,17,20);1H/b13-9+;. The summed E-state index contributed by atoms with van der Waals surface area (Å²) in [7, 11) is 0. The number of ether oxygens (including phenoxy) is 1. The topological polar surface area (TPSA) is 127 Å². The molecule has 1 unspecified atom stereocenters. The van der Waals surface area contributed by atoms with Gasteiger partial charge in [0.05, 0.1) is 17.9 Å². The van der Waals surface area contributed by atoms with Crippen molar-refractivity contribution in [3.05, 3.63) is 42.1 Å². The van der Waals surface area contributed by atoms with Crippen molar-refractivity contribution in [1.82, 2.24) is 5.32 Å². The molecule has 0 spiro atoms. The number of primary amides is 1. The molecule has 1 aromatic rings. The van der Waals surface area contributed by atoms with Gasteiger partial charge in [0.15, 0.2) is 0 Å². The third-order valence-electron chi connectivity index (χ3n) is 3.17. The van der Waals surface area contributed by atoms with Crippen molar-refractivity contribution in [1.29, 1.82) is 5.26 Å². The van der Waals surface area contributed by atoms with Crippen molar-refractivity contribution in [3.8, 4) is 6.57 Å². The monoisotopic (exact) mass is 315 g/mol. The van der Waals surface area contributed by atoms with Gasteiger partial charge in [0.2, 0.25) is 0 Å². The van der Waals surface area contributed by atoms with E-state index in [0.29, 0.717) is 12.3 Å². The zero-order valence-corrected chi connectivity index (χ0v) is 12.8. The normalized spacial score (nSPS) is 18.4. The first-order valence-electron chi connectivity index (χ1n) is 7.16. The van der Waals surface area contributed by atoms with Crippen LogP contribution in [0.2, 0.25) is 0 Å². The maximum atomic E-state index is 11.5.